The van der Waals surface area contributed by atoms with Gasteiger partial charge in [-0.05, 0) is 12.8 Å². The maximum absolute atomic E-state index is 10.8. The summed E-state index contributed by atoms with van der Waals surface area (Å²) in [6.07, 6.45) is 3.12. The molecule has 0 aliphatic heterocycles. The molecule has 0 aromatic carbocycles. The summed E-state index contributed by atoms with van der Waals surface area (Å²) in [6.45, 7) is 9.24. The summed E-state index contributed by atoms with van der Waals surface area (Å²) in [5, 5.41) is 0. The summed E-state index contributed by atoms with van der Waals surface area (Å²) in [5.41, 5.74) is 0. The summed E-state index contributed by atoms with van der Waals surface area (Å²) < 4.78 is 16.1. The Labute approximate surface area is 99.4 Å². The molecular formula is C11H22O4Si. The van der Waals surface area contributed by atoms with E-state index in [2.05, 4.69) is 20.4 Å². The molecule has 0 aromatic rings. The van der Waals surface area contributed by atoms with Crippen molar-refractivity contribution in [2.24, 2.45) is 0 Å². The lowest BCUT2D eigenvalue weighted by atomic mass is 10.5. The zero-order valence-electron chi connectivity index (χ0n) is 10.2. The van der Waals surface area contributed by atoms with Gasteiger partial charge in [0.15, 0.2) is 0 Å². The van der Waals surface area contributed by atoms with Gasteiger partial charge < -0.3 is 13.6 Å². The first-order chi connectivity index (χ1) is 7.74. The third-order valence-electron chi connectivity index (χ3n) is 1.78. The maximum atomic E-state index is 10.8. The van der Waals surface area contributed by atoms with Gasteiger partial charge in [0, 0.05) is 25.3 Å². The number of hydrogen-bond donors (Lipinski definition) is 0. The predicted octanol–water partition coefficient (Wildman–Crippen LogP) is 1.79. The second-order valence-corrected chi connectivity index (χ2v) is 5.43. The van der Waals surface area contributed by atoms with Gasteiger partial charge in [-0.25, -0.2) is 4.79 Å². The topological polar surface area (TPSA) is 44.8 Å². The predicted molar refractivity (Wildman–Crippen MR) is 65.6 cm³/mol. The standard InChI is InChI=1S/C11H22O4Si/c1-4-7-14-16(15-8-5-2)10-9-13-11(12)6-3/h6,16H,3-5,7-10H2,1-2H3. The fraction of sp³-hybridized carbons (Fsp3) is 0.727. The molecule has 4 nitrogen and oxygen atoms in total. The lowest BCUT2D eigenvalue weighted by Crippen LogP contribution is -2.26. The van der Waals surface area contributed by atoms with E-state index in [1.807, 2.05) is 0 Å². The van der Waals surface area contributed by atoms with E-state index >= 15 is 0 Å². The van der Waals surface area contributed by atoms with Crippen molar-refractivity contribution in [3.05, 3.63) is 12.7 Å². The summed E-state index contributed by atoms with van der Waals surface area (Å²) >= 11 is 0. The largest absolute Gasteiger partial charge is 0.463 e. The number of hydrogen-bond acceptors (Lipinski definition) is 4. The third kappa shape index (κ3) is 8.64. The van der Waals surface area contributed by atoms with Crippen LogP contribution in [-0.4, -0.2) is 35.1 Å². The summed E-state index contributed by atoms with van der Waals surface area (Å²) in [6, 6.07) is 0.694. The number of rotatable bonds is 10. The van der Waals surface area contributed by atoms with Crippen LogP contribution in [0, 0.1) is 0 Å². The first-order valence-corrected chi connectivity index (χ1v) is 7.52. The van der Waals surface area contributed by atoms with E-state index in [-0.39, 0.29) is 0 Å². The minimum atomic E-state index is -1.65. The van der Waals surface area contributed by atoms with E-state index in [9.17, 15) is 4.79 Å². The molecular weight excluding hydrogens is 224 g/mol. The van der Waals surface area contributed by atoms with Gasteiger partial charge in [-0.1, -0.05) is 20.4 Å². The summed E-state index contributed by atoms with van der Waals surface area (Å²) in [7, 11) is -1.65. The molecule has 0 unspecified atom stereocenters. The molecule has 16 heavy (non-hydrogen) atoms. The molecule has 0 rings (SSSR count). The van der Waals surface area contributed by atoms with Crippen molar-refractivity contribution in [3.63, 3.8) is 0 Å². The van der Waals surface area contributed by atoms with E-state index in [0.717, 1.165) is 32.1 Å². The van der Waals surface area contributed by atoms with Crippen molar-refractivity contribution in [2.75, 3.05) is 19.8 Å². The van der Waals surface area contributed by atoms with Crippen molar-refractivity contribution in [1.82, 2.24) is 0 Å². The molecule has 0 radical (unpaired) electrons. The highest BCUT2D eigenvalue weighted by atomic mass is 28.3. The van der Waals surface area contributed by atoms with E-state index in [1.54, 1.807) is 0 Å². The Hall–Kier alpha value is -0.653. The second-order valence-electron chi connectivity index (χ2n) is 3.33. The van der Waals surface area contributed by atoms with E-state index < -0.39 is 15.3 Å². The van der Waals surface area contributed by atoms with Gasteiger partial charge in [-0.15, -0.1) is 0 Å². The molecule has 0 aliphatic carbocycles. The van der Waals surface area contributed by atoms with Crippen LogP contribution in [0.2, 0.25) is 6.04 Å². The molecule has 0 spiro atoms. The molecule has 0 saturated heterocycles. The van der Waals surface area contributed by atoms with Crippen LogP contribution in [0.1, 0.15) is 26.7 Å². The number of carbonyl (C=O) groups is 1. The highest BCUT2D eigenvalue weighted by molar-refractivity contribution is 6.44. The van der Waals surface area contributed by atoms with Gasteiger partial charge in [-0.2, -0.15) is 0 Å². The van der Waals surface area contributed by atoms with Crippen molar-refractivity contribution >= 4 is 15.3 Å². The molecule has 0 aromatic heterocycles. The minimum absolute atomic E-state index is 0.356. The average molecular weight is 246 g/mol. The monoisotopic (exact) mass is 246 g/mol. The second kappa shape index (κ2) is 10.9. The van der Waals surface area contributed by atoms with E-state index in [1.165, 1.54) is 0 Å². The van der Waals surface area contributed by atoms with Crippen molar-refractivity contribution in [1.29, 1.82) is 0 Å². The van der Waals surface area contributed by atoms with E-state index in [0.29, 0.717) is 12.7 Å². The Kier molecular flexibility index (Phi) is 10.4. The maximum Gasteiger partial charge on any atom is 0.330 e. The molecule has 0 N–H and O–H groups in total. The summed E-state index contributed by atoms with van der Waals surface area (Å²) in [4.78, 5) is 10.8. The minimum Gasteiger partial charge on any atom is -0.463 e. The van der Waals surface area contributed by atoms with Gasteiger partial charge in [-0.3, -0.25) is 0 Å². The van der Waals surface area contributed by atoms with Crippen LogP contribution in [0.5, 0.6) is 0 Å². The van der Waals surface area contributed by atoms with Crippen molar-refractivity contribution < 1.29 is 18.4 Å². The molecule has 0 amide bonds. The zero-order chi connectivity index (χ0) is 12.2. The Morgan fingerprint density at radius 3 is 2.19 bits per heavy atom. The van der Waals surface area contributed by atoms with Crippen molar-refractivity contribution in [3.8, 4) is 0 Å². The fourth-order valence-electron chi connectivity index (χ4n) is 1.03. The molecule has 0 aliphatic rings. The van der Waals surface area contributed by atoms with Gasteiger partial charge in [0.1, 0.15) is 0 Å². The lowest BCUT2D eigenvalue weighted by molar-refractivity contribution is -0.137. The molecule has 0 atom stereocenters. The van der Waals surface area contributed by atoms with Crippen LogP contribution in [-0.2, 0) is 18.4 Å². The van der Waals surface area contributed by atoms with Crippen LogP contribution in [0.3, 0.4) is 0 Å². The quantitative estimate of drug-likeness (QED) is 0.335. The molecule has 0 saturated carbocycles. The van der Waals surface area contributed by atoms with Crippen molar-refractivity contribution in [2.45, 2.75) is 32.7 Å². The van der Waals surface area contributed by atoms with Crippen LogP contribution >= 0.6 is 0 Å². The van der Waals surface area contributed by atoms with Crippen LogP contribution in [0.4, 0.5) is 0 Å². The number of ether oxygens (including phenoxy) is 1. The number of carbonyl (C=O) groups excluding carboxylic acids is 1. The van der Waals surface area contributed by atoms with E-state index in [4.69, 9.17) is 13.6 Å². The molecule has 0 fully saturated rings. The molecule has 5 heteroatoms. The Morgan fingerprint density at radius 2 is 1.75 bits per heavy atom. The van der Waals surface area contributed by atoms with Gasteiger partial charge in [0.2, 0.25) is 0 Å². The first-order valence-electron chi connectivity index (χ1n) is 5.77. The highest BCUT2D eigenvalue weighted by Gasteiger charge is 2.13. The number of esters is 1. The van der Waals surface area contributed by atoms with Gasteiger partial charge in [0.05, 0.1) is 6.61 Å². The molecule has 94 valence electrons. The lowest BCUT2D eigenvalue weighted by Gasteiger charge is -2.15. The SMILES string of the molecule is C=CC(=O)OCC[SiH](OCCC)OCCC. The van der Waals surface area contributed by atoms with Crippen LogP contribution < -0.4 is 0 Å². The van der Waals surface area contributed by atoms with Crippen LogP contribution in [0.25, 0.3) is 0 Å². The third-order valence-corrected chi connectivity index (χ3v) is 3.70. The fourth-order valence-corrected chi connectivity index (χ4v) is 2.77. The Bertz CT molecular complexity index is 188. The smallest absolute Gasteiger partial charge is 0.330 e. The average Bonchev–Trinajstić information content (AvgIpc) is 2.31. The summed E-state index contributed by atoms with van der Waals surface area (Å²) in [5.74, 6) is -0.390. The molecule has 0 bridgehead atoms. The Morgan fingerprint density at radius 1 is 1.19 bits per heavy atom. The van der Waals surface area contributed by atoms with Gasteiger partial charge in [0.25, 0.3) is 0 Å². The first kappa shape index (κ1) is 15.3. The highest BCUT2D eigenvalue weighted by Crippen LogP contribution is 2.00. The molecule has 0 heterocycles. The van der Waals surface area contributed by atoms with Gasteiger partial charge >= 0.3 is 15.3 Å². The van der Waals surface area contributed by atoms with Crippen LogP contribution in [0.15, 0.2) is 12.7 Å². The normalized spacial score (nSPS) is 10.4. The zero-order valence-corrected chi connectivity index (χ0v) is 11.4. The Balaban J connectivity index is 3.71.